The SMILES string of the molecule is NCC1CCCN(Cc2ccccc2Cl)C1. The Labute approximate surface area is 102 Å². The van der Waals surface area contributed by atoms with Gasteiger partial charge in [0.2, 0.25) is 0 Å². The topological polar surface area (TPSA) is 29.3 Å². The van der Waals surface area contributed by atoms with Crippen molar-refractivity contribution >= 4 is 11.6 Å². The maximum absolute atomic E-state index is 6.16. The Kier molecular flexibility index (Phi) is 4.22. The molecular weight excluding hydrogens is 220 g/mol. The highest BCUT2D eigenvalue weighted by Gasteiger charge is 2.18. The van der Waals surface area contributed by atoms with Gasteiger partial charge in [-0.1, -0.05) is 29.8 Å². The summed E-state index contributed by atoms with van der Waals surface area (Å²) in [5.74, 6) is 0.663. The third-order valence-electron chi connectivity index (χ3n) is 3.29. The van der Waals surface area contributed by atoms with Gasteiger partial charge in [-0.2, -0.15) is 0 Å². The van der Waals surface area contributed by atoms with Crippen LogP contribution in [0.2, 0.25) is 5.02 Å². The molecule has 0 aromatic heterocycles. The molecule has 1 saturated heterocycles. The molecule has 1 aromatic carbocycles. The molecule has 0 spiro atoms. The fourth-order valence-electron chi connectivity index (χ4n) is 2.35. The van der Waals surface area contributed by atoms with Crippen LogP contribution in [0.15, 0.2) is 24.3 Å². The fourth-order valence-corrected chi connectivity index (χ4v) is 2.55. The summed E-state index contributed by atoms with van der Waals surface area (Å²) in [7, 11) is 0. The smallest absolute Gasteiger partial charge is 0.0451 e. The lowest BCUT2D eigenvalue weighted by Gasteiger charge is -2.32. The zero-order chi connectivity index (χ0) is 11.4. The first kappa shape index (κ1) is 11.9. The zero-order valence-electron chi connectivity index (χ0n) is 9.53. The predicted molar refractivity (Wildman–Crippen MR) is 68.5 cm³/mol. The summed E-state index contributed by atoms with van der Waals surface area (Å²) >= 11 is 6.16. The van der Waals surface area contributed by atoms with Crippen molar-refractivity contribution in [2.75, 3.05) is 19.6 Å². The van der Waals surface area contributed by atoms with Crippen LogP contribution in [0.5, 0.6) is 0 Å². The molecule has 2 N–H and O–H groups in total. The molecular formula is C13H19ClN2. The van der Waals surface area contributed by atoms with Gasteiger partial charge < -0.3 is 5.73 Å². The van der Waals surface area contributed by atoms with Gasteiger partial charge in [-0.3, -0.25) is 4.90 Å². The summed E-state index contributed by atoms with van der Waals surface area (Å²) < 4.78 is 0. The molecule has 1 unspecified atom stereocenters. The number of hydrogen-bond donors (Lipinski definition) is 1. The number of piperidine rings is 1. The molecule has 3 heteroatoms. The summed E-state index contributed by atoms with van der Waals surface area (Å²) in [5.41, 5.74) is 6.96. The second-order valence-corrected chi connectivity index (χ2v) is 4.98. The Hall–Kier alpha value is -0.570. The van der Waals surface area contributed by atoms with E-state index in [0.29, 0.717) is 5.92 Å². The first-order valence-corrected chi connectivity index (χ1v) is 6.33. The average molecular weight is 239 g/mol. The van der Waals surface area contributed by atoms with Crippen LogP contribution < -0.4 is 5.73 Å². The summed E-state index contributed by atoms with van der Waals surface area (Å²) in [4.78, 5) is 2.46. The van der Waals surface area contributed by atoms with Gasteiger partial charge in [0.25, 0.3) is 0 Å². The van der Waals surface area contributed by atoms with E-state index in [-0.39, 0.29) is 0 Å². The minimum atomic E-state index is 0.663. The Balaban J connectivity index is 1.97. The van der Waals surface area contributed by atoms with E-state index in [4.69, 9.17) is 17.3 Å². The number of rotatable bonds is 3. The lowest BCUT2D eigenvalue weighted by Crippen LogP contribution is -2.37. The number of likely N-dealkylation sites (tertiary alicyclic amines) is 1. The number of nitrogens with two attached hydrogens (primary N) is 1. The molecule has 1 atom stereocenters. The van der Waals surface area contributed by atoms with E-state index in [1.165, 1.54) is 24.9 Å². The van der Waals surface area contributed by atoms with Crippen LogP contribution in [0.4, 0.5) is 0 Å². The molecule has 1 heterocycles. The minimum Gasteiger partial charge on any atom is -0.330 e. The molecule has 0 bridgehead atoms. The van der Waals surface area contributed by atoms with Crippen molar-refractivity contribution in [2.45, 2.75) is 19.4 Å². The molecule has 88 valence electrons. The molecule has 0 aliphatic carbocycles. The molecule has 1 aliphatic rings. The van der Waals surface area contributed by atoms with Crippen molar-refractivity contribution in [3.63, 3.8) is 0 Å². The van der Waals surface area contributed by atoms with Crippen LogP contribution in [0, 0.1) is 5.92 Å². The third kappa shape index (κ3) is 2.97. The summed E-state index contributed by atoms with van der Waals surface area (Å²) in [5, 5.41) is 0.873. The van der Waals surface area contributed by atoms with E-state index in [9.17, 15) is 0 Å². The van der Waals surface area contributed by atoms with Crippen LogP contribution in [0.3, 0.4) is 0 Å². The van der Waals surface area contributed by atoms with E-state index in [2.05, 4.69) is 11.0 Å². The van der Waals surface area contributed by atoms with Gasteiger partial charge in [0.1, 0.15) is 0 Å². The van der Waals surface area contributed by atoms with E-state index >= 15 is 0 Å². The molecule has 0 saturated carbocycles. The lowest BCUT2D eigenvalue weighted by molar-refractivity contribution is 0.171. The highest BCUT2D eigenvalue weighted by molar-refractivity contribution is 6.31. The molecule has 2 rings (SSSR count). The van der Waals surface area contributed by atoms with Crippen LogP contribution >= 0.6 is 11.6 Å². The number of hydrogen-bond acceptors (Lipinski definition) is 2. The Morgan fingerprint density at radius 3 is 2.94 bits per heavy atom. The Morgan fingerprint density at radius 2 is 2.19 bits per heavy atom. The van der Waals surface area contributed by atoms with Crippen molar-refractivity contribution < 1.29 is 0 Å². The molecule has 0 amide bonds. The Morgan fingerprint density at radius 1 is 1.38 bits per heavy atom. The lowest BCUT2D eigenvalue weighted by atomic mass is 9.98. The van der Waals surface area contributed by atoms with Crippen LogP contribution in [-0.4, -0.2) is 24.5 Å². The van der Waals surface area contributed by atoms with Gasteiger partial charge >= 0.3 is 0 Å². The van der Waals surface area contributed by atoms with Gasteiger partial charge in [-0.15, -0.1) is 0 Å². The monoisotopic (exact) mass is 238 g/mol. The maximum Gasteiger partial charge on any atom is 0.0451 e. The van der Waals surface area contributed by atoms with Gasteiger partial charge in [-0.05, 0) is 43.5 Å². The van der Waals surface area contributed by atoms with Crippen LogP contribution in [0.1, 0.15) is 18.4 Å². The Bertz CT molecular complexity index is 340. The van der Waals surface area contributed by atoms with E-state index in [1.54, 1.807) is 0 Å². The maximum atomic E-state index is 6.16. The van der Waals surface area contributed by atoms with E-state index < -0.39 is 0 Å². The molecule has 1 aliphatic heterocycles. The number of benzene rings is 1. The van der Waals surface area contributed by atoms with Gasteiger partial charge in [0.05, 0.1) is 0 Å². The normalized spacial score (nSPS) is 22.2. The predicted octanol–water partition coefficient (Wildman–Crippen LogP) is 2.51. The number of halogens is 1. The quantitative estimate of drug-likeness (QED) is 0.877. The van der Waals surface area contributed by atoms with Gasteiger partial charge in [0.15, 0.2) is 0 Å². The molecule has 1 aromatic rings. The van der Waals surface area contributed by atoms with Crippen LogP contribution in [-0.2, 0) is 6.54 Å². The fraction of sp³-hybridized carbons (Fsp3) is 0.538. The average Bonchev–Trinajstić information content (AvgIpc) is 2.32. The summed E-state index contributed by atoms with van der Waals surface area (Å²) in [6.45, 7) is 4.04. The van der Waals surface area contributed by atoms with Crippen molar-refractivity contribution in [3.05, 3.63) is 34.9 Å². The van der Waals surface area contributed by atoms with E-state index in [0.717, 1.165) is 24.7 Å². The molecule has 1 fully saturated rings. The van der Waals surface area contributed by atoms with Crippen LogP contribution in [0.25, 0.3) is 0 Å². The molecule has 2 nitrogen and oxygen atoms in total. The van der Waals surface area contributed by atoms with Crippen molar-refractivity contribution in [1.82, 2.24) is 4.90 Å². The van der Waals surface area contributed by atoms with Gasteiger partial charge in [-0.25, -0.2) is 0 Å². The second kappa shape index (κ2) is 5.67. The minimum absolute atomic E-state index is 0.663. The second-order valence-electron chi connectivity index (χ2n) is 4.57. The number of nitrogens with zero attached hydrogens (tertiary/aromatic N) is 1. The third-order valence-corrected chi connectivity index (χ3v) is 3.66. The van der Waals surface area contributed by atoms with Crippen molar-refractivity contribution in [2.24, 2.45) is 11.7 Å². The first-order valence-electron chi connectivity index (χ1n) is 5.95. The highest BCUT2D eigenvalue weighted by atomic mass is 35.5. The highest BCUT2D eigenvalue weighted by Crippen LogP contribution is 2.21. The standard InChI is InChI=1S/C13H19ClN2/c14-13-6-2-1-5-12(13)10-16-7-3-4-11(8-15)9-16/h1-2,5-6,11H,3-4,7-10,15H2. The van der Waals surface area contributed by atoms with Crippen molar-refractivity contribution in [3.8, 4) is 0 Å². The summed E-state index contributed by atoms with van der Waals surface area (Å²) in [6.07, 6.45) is 2.53. The van der Waals surface area contributed by atoms with Crippen molar-refractivity contribution in [1.29, 1.82) is 0 Å². The van der Waals surface area contributed by atoms with Gasteiger partial charge in [0, 0.05) is 18.1 Å². The van der Waals surface area contributed by atoms with E-state index in [1.807, 2.05) is 18.2 Å². The zero-order valence-corrected chi connectivity index (χ0v) is 10.3. The largest absolute Gasteiger partial charge is 0.330 e. The first-order chi connectivity index (χ1) is 7.79. The molecule has 0 radical (unpaired) electrons. The molecule has 16 heavy (non-hydrogen) atoms. The summed E-state index contributed by atoms with van der Waals surface area (Å²) in [6, 6.07) is 8.09.